The van der Waals surface area contributed by atoms with Gasteiger partial charge < -0.3 is 10.3 Å². The minimum absolute atomic E-state index is 0.127. The third kappa shape index (κ3) is 3.00. The average Bonchev–Trinajstić information content (AvgIpc) is 3.34. The quantitative estimate of drug-likeness (QED) is 0.854. The van der Waals surface area contributed by atoms with Gasteiger partial charge in [0.15, 0.2) is 10.9 Å². The van der Waals surface area contributed by atoms with Gasteiger partial charge in [-0.25, -0.2) is 5.01 Å². The van der Waals surface area contributed by atoms with Crippen molar-refractivity contribution in [1.82, 2.24) is 10.2 Å². The van der Waals surface area contributed by atoms with Crippen LogP contribution in [-0.4, -0.2) is 21.0 Å². The van der Waals surface area contributed by atoms with Gasteiger partial charge in [0.05, 0.1) is 5.71 Å². The van der Waals surface area contributed by atoms with Gasteiger partial charge in [0, 0.05) is 24.0 Å². The number of allylic oxidation sites excluding steroid dienone is 4. The van der Waals surface area contributed by atoms with Crippen molar-refractivity contribution >= 4 is 23.0 Å². The van der Waals surface area contributed by atoms with E-state index in [1.54, 1.807) is 5.01 Å². The molecule has 1 aromatic carbocycles. The minimum atomic E-state index is -0.127. The zero-order valence-electron chi connectivity index (χ0n) is 13.8. The Morgan fingerprint density at radius 1 is 1.24 bits per heavy atom. The second kappa shape index (κ2) is 6.29. The first-order valence-electron chi connectivity index (χ1n) is 8.16. The third-order valence-corrected chi connectivity index (χ3v) is 4.69. The minimum Gasteiger partial charge on any atom is -0.375 e. The van der Waals surface area contributed by atoms with Gasteiger partial charge in [0.25, 0.3) is 0 Å². The van der Waals surface area contributed by atoms with Crippen LogP contribution in [-0.2, 0) is 0 Å². The maximum Gasteiger partial charge on any atom is 0.187 e. The Labute approximate surface area is 151 Å². The molecular weight excluding hydrogens is 332 g/mol. The Kier molecular flexibility index (Phi) is 3.97. The smallest absolute Gasteiger partial charge is 0.187 e. The average molecular weight is 350 g/mol. The molecule has 0 saturated carbocycles. The molecule has 4 rings (SSSR count). The summed E-state index contributed by atoms with van der Waals surface area (Å²) in [4.78, 5) is 0. The predicted octanol–water partition coefficient (Wildman–Crippen LogP) is 3.74. The van der Waals surface area contributed by atoms with Crippen molar-refractivity contribution in [3.8, 4) is 11.3 Å². The summed E-state index contributed by atoms with van der Waals surface area (Å²) in [7, 11) is 0. The van der Waals surface area contributed by atoms with E-state index >= 15 is 0 Å². The molecule has 1 aliphatic heterocycles. The van der Waals surface area contributed by atoms with Crippen molar-refractivity contribution in [2.75, 3.05) is 0 Å². The van der Waals surface area contributed by atoms with Gasteiger partial charge in [0.2, 0.25) is 0 Å². The van der Waals surface area contributed by atoms with E-state index in [4.69, 9.17) is 22.5 Å². The molecule has 2 N–H and O–H groups in total. The number of nitrogens with zero attached hydrogens (tertiary/aromatic N) is 3. The lowest BCUT2D eigenvalue weighted by molar-refractivity contribution is 0.340. The normalized spacial score (nSPS) is 19.6. The molecule has 2 aromatic rings. The molecule has 1 unspecified atom stereocenters. The van der Waals surface area contributed by atoms with Gasteiger partial charge >= 0.3 is 0 Å². The van der Waals surface area contributed by atoms with Crippen molar-refractivity contribution in [1.29, 1.82) is 0 Å². The van der Waals surface area contributed by atoms with Crippen molar-refractivity contribution in [3.63, 3.8) is 0 Å². The molecule has 126 valence electrons. The molecule has 2 aliphatic rings. The highest BCUT2D eigenvalue weighted by Crippen LogP contribution is 2.35. The summed E-state index contributed by atoms with van der Waals surface area (Å²) in [6.07, 6.45) is 8.99. The molecule has 5 nitrogen and oxygen atoms in total. The lowest BCUT2D eigenvalue weighted by Gasteiger charge is -2.19. The fourth-order valence-corrected chi connectivity index (χ4v) is 3.29. The summed E-state index contributed by atoms with van der Waals surface area (Å²) in [5, 5.41) is 10.8. The topological polar surface area (TPSA) is 67.7 Å². The molecule has 0 radical (unpaired) electrons. The largest absolute Gasteiger partial charge is 0.375 e. The second-order valence-corrected chi connectivity index (χ2v) is 6.69. The Morgan fingerprint density at radius 2 is 1.96 bits per heavy atom. The van der Waals surface area contributed by atoms with Crippen LogP contribution in [0.2, 0.25) is 0 Å². The van der Waals surface area contributed by atoms with Gasteiger partial charge in [0.1, 0.15) is 11.7 Å². The van der Waals surface area contributed by atoms with E-state index in [-0.39, 0.29) is 17.1 Å². The van der Waals surface area contributed by atoms with Crippen molar-refractivity contribution in [2.24, 2.45) is 16.8 Å². The van der Waals surface area contributed by atoms with E-state index in [0.29, 0.717) is 0 Å². The van der Waals surface area contributed by atoms with Crippen LogP contribution in [0.5, 0.6) is 0 Å². The highest BCUT2D eigenvalue weighted by Gasteiger charge is 2.34. The predicted molar refractivity (Wildman–Crippen MR) is 102 cm³/mol. The van der Waals surface area contributed by atoms with E-state index in [1.807, 2.05) is 42.5 Å². The second-order valence-electron chi connectivity index (χ2n) is 6.27. The van der Waals surface area contributed by atoms with E-state index in [9.17, 15) is 0 Å². The van der Waals surface area contributed by atoms with Crippen LogP contribution < -0.4 is 5.73 Å². The number of aryl methyl sites for hydroxylation is 1. The zero-order valence-corrected chi connectivity index (χ0v) is 14.6. The van der Waals surface area contributed by atoms with Crippen LogP contribution in [0.25, 0.3) is 11.3 Å². The Balaban J connectivity index is 1.61. The van der Waals surface area contributed by atoms with Crippen LogP contribution in [0.4, 0.5) is 0 Å². The van der Waals surface area contributed by atoms with Crippen LogP contribution in [0.3, 0.4) is 0 Å². The summed E-state index contributed by atoms with van der Waals surface area (Å²) in [6.45, 7) is 2.05. The van der Waals surface area contributed by atoms with Crippen LogP contribution in [0.15, 0.2) is 64.3 Å². The summed E-state index contributed by atoms with van der Waals surface area (Å²) >= 11 is 5.18. The third-order valence-electron chi connectivity index (χ3n) is 4.50. The number of hydrogen-bond acceptors (Lipinski definition) is 4. The van der Waals surface area contributed by atoms with E-state index < -0.39 is 0 Å². The fourth-order valence-electron chi connectivity index (χ4n) is 3.12. The zero-order chi connectivity index (χ0) is 17.4. The summed E-state index contributed by atoms with van der Waals surface area (Å²) in [6, 6.07) is 9.96. The molecule has 25 heavy (non-hydrogen) atoms. The number of benzene rings is 1. The summed E-state index contributed by atoms with van der Waals surface area (Å²) < 4.78 is 5.55. The van der Waals surface area contributed by atoms with Gasteiger partial charge in [-0.3, -0.25) is 0 Å². The molecule has 0 saturated heterocycles. The molecule has 0 fully saturated rings. The molecule has 0 spiro atoms. The maximum absolute atomic E-state index is 5.88. The van der Waals surface area contributed by atoms with Crippen molar-refractivity contribution in [3.05, 3.63) is 65.9 Å². The van der Waals surface area contributed by atoms with Crippen molar-refractivity contribution in [2.45, 2.75) is 19.4 Å². The summed E-state index contributed by atoms with van der Waals surface area (Å²) in [5.41, 5.74) is 9.89. The lowest BCUT2D eigenvalue weighted by Crippen LogP contribution is -2.31. The first kappa shape index (κ1) is 15.8. The number of nitrogens with two attached hydrogens (primary N) is 1. The molecule has 6 heteroatoms. The van der Waals surface area contributed by atoms with Crippen molar-refractivity contribution < 1.29 is 4.52 Å². The fraction of sp³-hybridized carbons (Fsp3) is 0.211. The standard InChI is InChI=1S/C19H18N4OS/c1-12-6-8-14(9-7-12)18-11-16(22-24-18)17-10-15(13-4-2-3-5-13)21-23(17)19(20)25/h2-9,11,13,17H,10H2,1H3,(H2,20,25). The molecule has 1 aromatic heterocycles. The molecule has 1 aliphatic carbocycles. The Hall–Kier alpha value is -2.73. The molecule has 0 amide bonds. The van der Waals surface area contributed by atoms with Crippen LogP contribution in [0, 0.1) is 12.8 Å². The highest BCUT2D eigenvalue weighted by molar-refractivity contribution is 7.80. The maximum atomic E-state index is 5.88. The first-order chi connectivity index (χ1) is 12.1. The van der Waals surface area contributed by atoms with E-state index in [1.165, 1.54) is 5.56 Å². The van der Waals surface area contributed by atoms with Gasteiger partial charge in [-0.05, 0) is 19.1 Å². The van der Waals surface area contributed by atoms with E-state index in [2.05, 4.69) is 29.3 Å². The number of hydrazone groups is 1. The van der Waals surface area contributed by atoms with E-state index in [0.717, 1.165) is 29.2 Å². The highest BCUT2D eigenvalue weighted by atomic mass is 32.1. The number of rotatable bonds is 3. The summed E-state index contributed by atoms with van der Waals surface area (Å²) in [5.74, 6) is 0.928. The number of hydrogen-bond donors (Lipinski definition) is 1. The first-order valence-corrected chi connectivity index (χ1v) is 8.57. The van der Waals surface area contributed by atoms with Crippen LogP contribution >= 0.6 is 12.2 Å². The lowest BCUT2D eigenvalue weighted by atomic mass is 9.98. The van der Waals surface area contributed by atoms with Gasteiger partial charge in [-0.1, -0.05) is 59.3 Å². The molecular formula is C19H18N4OS. The van der Waals surface area contributed by atoms with Gasteiger partial charge in [-0.15, -0.1) is 0 Å². The number of aromatic nitrogens is 1. The molecule has 1 atom stereocenters. The van der Waals surface area contributed by atoms with Crippen LogP contribution in [0.1, 0.15) is 23.7 Å². The van der Waals surface area contributed by atoms with Gasteiger partial charge in [-0.2, -0.15) is 5.10 Å². The molecule has 2 heterocycles. The number of thiocarbonyl (C=S) groups is 1. The SMILES string of the molecule is Cc1ccc(-c2cc(C3CC(C4C=CC=C4)=NN3C(N)=S)no2)cc1. The Morgan fingerprint density at radius 3 is 2.64 bits per heavy atom. The Bertz CT molecular complexity index is 882. The molecule has 0 bridgehead atoms. The monoisotopic (exact) mass is 350 g/mol.